The quantitative estimate of drug-likeness (QED) is 0.130. The summed E-state index contributed by atoms with van der Waals surface area (Å²) in [7, 11) is 0. The molecule has 0 atom stereocenters. The van der Waals surface area contributed by atoms with Gasteiger partial charge in [0.1, 0.15) is 0 Å². The van der Waals surface area contributed by atoms with Gasteiger partial charge in [-0.1, -0.05) is 28.2 Å². The molecule has 0 saturated heterocycles. The number of hydrogen-bond donors (Lipinski definition) is 0. The molecule has 12 heteroatoms. The SMILES string of the molecule is C.CCCC(=O)Cl.CCCC(=O)N=[N+]=[N-].CCCN=C=O.[N-]=[N+]=[N-].[Na+]. The maximum Gasteiger partial charge on any atom is 1.00 e. The van der Waals surface area contributed by atoms with Crippen LogP contribution in [0.2, 0.25) is 0 Å². The maximum absolute atomic E-state index is 10.2. The minimum Gasteiger partial charge on any atom is -0.373 e. The minimum atomic E-state index is -0.380. The average Bonchev–Trinajstić information content (AvgIpc) is 2.47. The van der Waals surface area contributed by atoms with Crippen LogP contribution >= 0.6 is 11.6 Å². The van der Waals surface area contributed by atoms with Gasteiger partial charge in [-0.3, -0.25) is 14.5 Å². The summed E-state index contributed by atoms with van der Waals surface area (Å²) in [6.45, 7) is 6.34. The zero-order valence-corrected chi connectivity index (χ0v) is 17.2. The fourth-order valence-electron chi connectivity index (χ4n) is 0.668. The zero-order chi connectivity index (χ0) is 18.9. The number of azide groups is 1. The Labute approximate surface area is 175 Å². The first-order chi connectivity index (χ1) is 10.9. The molecule has 0 fully saturated rings. The van der Waals surface area contributed by atoms with Crippen molar-refractivity contribution in [2.24, 2.45) is 10.1 Å². The molecule has 0 aliphatic carbocycles. The minimum absolute atomic E-state index is 0. The van der Waals surface area contributed by atoms with Crippen LogP contribution in [0.25, 0.3) is 26.4 Å². The second-order valence-electron chi connectivity index (χ2n) is 3.50. The Morgan fingerprint density at radius 3 is 1.64 bits per heavy atom. The van der Waals surface area contributed by atoms with Gasteiger partial charge in [-0.05, 0) is 41.5 Å². The molecule has 0 aromatic heterocycles. The molecule has 0 spiro atoms. The van der Waals surface area contributed by atoms with Gasteiger partial charge in [0.15, 0.2) is 0 Å². The number of carbonyl (C=O) groups excluding carboxylic acids is 3. The van der Waals surface area contributed by atoms with Gasteiger partial charge in [0, 0.05) is 17.8 Å². The van der Waals surface area contributed by atoms with Crippen LogP contribution in [0.4, 0.5) is 0 Å². The van der Waals surface area contributed by atoms with E-state index in [1.807, 2.05) is 20.8 Å². The van der Waals surface area contributed by atoms with Crippen LogP contribution in [-0.4, -0.2) is 23.8 Å². The second-order valence-corrected chi connectivity index (χ2v) is 3.92. The molecule has 0 unspecified atom stereocenters. The van der Waals surface area contributed by atoms with E-state index < -0.39 is 0 Å². The molecule has 0 bridgehead atoms. The van der Waals surface area contributed by atoms with Gasteiger partial charge in [-0.25, -0.2) is 9.79 Å². The van der Waals surface area contributed by atoms with Gasteiger partial charge < -0.3 is 11.1 Å². The van der Waals surface area contributed by atoms with Crippen molar-refractivity contribution < 1.29 is 43.9 Å². The van der Waals surface area contributed by atoms with E-state index >= 15 is 0 Å². The van der Waals surface area contributed by atoms with Crippen molar-refractivity contribution in [3.05, 3.63) is 26.4 Å². The van der Waals surface area contributed by atoms with Crippen molar-refractivity contribution in [2.75, 3.05) is 6.54 Å². The summed E-state index contributed by atoms with van der Waals surface area (Å²) >= 11 is 4.94. The Kier molecular flexibility index (Phi) is 67.5. The normalized spacial score (nSPS) is 6.40. The smallest absolute Gasteiger partial charge is 0.373 e. The van der Waals surface area contributed by atoms with Gasteiger partial charge in [-0.2, -0.15) is 0 Å². The number of amides is 1. The Bertz CT molecular complexity index is 427. The molecule has 0 radical (unpaired) electrons. The first kappa shape index (κ1) is 38.9. The number of hydrogen-bond acceptors (Lipinski definition) is 4. The van der Waals surface area contributed by atoms with E-state index in [2.05, 4.69) is 15.0 Å². The predicted molar refractivity (Wildman–Crippen MR) is 94.9 cm³/mol. The standard InChI is InChI=1S/C4H7ClO.C4H7N3O.C4H7NO.CH4.N3.Na/c1-2-3-4(5)6;1-2-3-4(8)6-7-5;1-2-3-5-4-6;;1-3-2;/h2-3H2,1H3;2-3H2,1H3;2-3H2,1H3;1H4;;/q;;;;-1;+1. The molecule has 0 rings (SSSR count). The molecule has 1 amide bonds. The Balaban J connectivity index is -0.0000000489. The van der Waals surface area contributed by atoms with Crippen LogP contribution in [0.5, 0.6) is 0 Å². The maximum atomic E-state index is 10.2. The summed E-state index contributed by atoms with van der Waals surface area (Å²) in [4.78, 5) is 36.4. The predicted octanol–water partition coefficient (Wildman–Crippen LogP) is 2.41. The van der Waals surface area contributed by atoms with Gasteiger partial charge in [-0.15, -0.1) is 0 Å². The van der Waals surface area contributed by atoms with Crippen LogP contribution in [0.3, 0.4) is 0 Å². The van der Waals surface area contributed by atoms with Crippen molar-refractivity contribution in [3.8, 4) is 0 Å². The number of rotatable bonds is 6. The molecule has 0 N–H and O–H groups in total. The molecule has 0 aliphatic heterocycles. The molecule has 0 aromatic rings. The van der Waals surface area contributed by atoms with E-state index in [0.717, 1.165) is 19.3 Å². The Morgan fingerprint density at radius 1 is 1.04 bits per heavy atom. The van der Waals surface area contributed by atoms with Crippen molar-refractivity contribution in [1.82, 2.24) is 0 Å². The third-order valence-electron chi connectivity index (χ3n) is 1.47. The molecule has 25 heavy (non-hydrogen) atoms. The Morgan fingerprint density at radius 2 is 1.48 bits per heavy atom. The van der Waals surface area contributed by atoms with Crippen LogP contribution in [-0.2, 0) is 14.4 Å². The van der Waals surface area contributed by atoms with Crippen LogP contribution in [0, 0.1) is 0 Å². The molecule has 10 nitrogen and oxygen atoms in total. The summed E-state index contributed by atoms with van der Waals surface area (Å²) in [5.41, 5.74) is 21.2. The van der Waals surface area contributed by atoms with Crippen molar-refractivity contribution >= 4 is 28.8 Å². The number of nitrogens with zero attached hydrogens (tertiary/aromatic N) is 7. The van der Waals surface area contributed by atoms with E-state index in [1.54, 1.807) is 0 Å². The van der Waals surface area contributed by atoms with Gasteiger partial charge in [0.2, 0.25) is 17.2 Å². The number of carbonyl (C=O) groups is 2. The monoisotopic (exact) mass is 385 g/mol. The molecule has 0 aliphatic rings. The fraction of sp³-hybridized carbons (Fsp3) is 0.769. The second kappa shape index (κ2) is 43.3. The van der Waals surface area contributed by atoms with Crippen LogP contribution in [0.15, 0.2) is 10.1 Å². The van der Waals surface area contributed by atoms with E-state index in [0.29, 0.717) is 19.4 Å². The summed E-state index contributed by atoms with van der Waals surface area (Å²) in [6, 6.07) is 0. The number of aliphatic imine (C=N–C) groups is 1. The molecular formula is C13H25ClN7NaO3. The third kappa shape index (κ3) is 85.2. The van der Waals surface area contributed by atoms with Crippen LogP contribution in [0.1, 0.15) is 60.3 Å². The average molecular weight is 386 g/mol. The third-order valence-corrected chi connectivity index (χ3v) is 1.66. The van der Waals surface area contributed by atoms with Gasteiger partial charge >= 0.3 is 29.6 Å². The first-order valence-corrected chi connectivity index (χ1v) is 7.07. The van der Waals surface area contributed by atoms with E-state index in [9.17, 15) is 14.4 Å². The van der Waals surface area contributed by atoms with Crippen LogP contribution < -0.4 is 29.6 Å². The van der Waals surface area contributed by atoms with Crippen molar-refractivity contribution in [1.29, 1.82) is 0 Å². The zero-order valence-electron chi connectivity index (χ0n) is 14.5. The molecule has 0 saturated carbocycles. The summed E-state index contributed by atoms with van der Waals surface area (Å²) < 4.78 is 0. The summed E-state index contributed by atoms with van der Waals surface area (Å²) in [5.74, 6) is -0.380. The van der Waals surface area contributed by atoms with Crippen molar-refractivity contribution in [3.63, 3.8) is 0 Å². The van der Waals surface area contributed by atoms with E-state index in [4.69, 9.17) is 28.2 Å². The largest absolute Gasteiger partial charge is 1.00 e. The van der Waals surface area contributed by atoms with Gasteiger partial charge in [0.05, 0.1) is 6.54 Å². The first-order valence-electron chi connectivity index (χ1n) is 6.69. The molecule has 0 heterocycles. The van der Waals surface area contributed by atoms with E-state index in [1.165, 1.54) is 11.0 Å². The Hall–Kier alpha value is -1.37. The summed E-state index contributed by atoms with van der Waals surface area (Å²) in [6.07, 6.45) is 4.81. The number of isocyanates is 1. The van der Waals surface area contributed by atoms with Gasteiger partial charge in [0.25, 0.3) is 0 Å². The number of halogens is 1. The summed E-state index contributed by atoms with van der Waals surface area (Å²) in [5, 5.41) is 2.62. The van der Waals surface area contributed by atoms with E-state index in [-0.39, 0.29) is 48.1 Å². The molecule has 0 aromatic carbocycles. The molecule has 138 valence electrons. The topological polar surface area (TPSA) is 171 Å². The van der Waals surface area contributed by atoms with Crippen molar-refractivity contribution in [2.45, 2.75) is 60.3 Å². The fourth-order valence-corrected chi connectivity index (χ4v) is 0.857. The molecular weight excluding hydrogens is 361 g/mol.